The van der Waals surface area contributed by atoms with E-state index in [-0.39, 0.29) is 24.0 Å². The van der Waals surface area contributed by atoms with Crippen LogP contribution in [0.15, 0.2) is 64.8 Å². The summed E-state index contributed by atoms with van der Waals surface area (Å²) in [5.74, 6) is 1.98. The van der Waals surface area contributed by atoms with Crippen LogP contribution in [0.3, 0.4) is 0 Å². The second kappa shape index (κ2) is 6.52. The molecule has 0 amide bonds. The average Bonchev–Trinajstić information content (AvgIpc) is 3.17. The van der Waals surface area contributed by atoms with Crippen molar-refractivity contribution in [3.8, 4) is 11.5 Å². The lowest BCUT2D eigenvalue weighted by Gasteiger charge is -2.07. The first-order valence-corrected chi connectivity index (χ1v) is 8.10. The summed E-state index contributed by atoms with van der Waals surface area (Å²) in [5, 5.41) is 0. The summed E-state index contributed by atoms with van der Waals surface area (Å²) in [5.41, 5.74) is 1.19. The molecule has 0 N–H and O–H groups in total. The van der Waals surface area contributed by atoms with Gasteiger partial charge in [0.25, 0.3) is 0 Å². The molecule has 0 atom stereocenters. The Bertz CT molecular complexity index is 1020. The molecule has 1 aliphatic rings. The van der Waals surface area contributed by atoms with Crippen LogP contribution in [0.2, 0.25) is 0 Å². The van der Waals surface area contributed by atoms with Gasteiger partial charge in [-0.2, -0.15) is 0 Å². The molecule has 2 aromatic carbocycles. The van der Waals surface area contributed by atoms with Crippen molar-refractivity contribution in [3.63, 3.8) is 0 Å². The van der Waals surface area contributed by atoms with Gasteiger partial charge in [0, 0.05) is 12.1 Å². The fraction of sp³-hybridized carbons (Fsp3) is 0.0952. The molecule has 5 heteroatoms. The Morgan fingerprint density at radius 1 is 1.12 bits per heavy atom. The maximum absolute atomic E-state index is 13.2. The number of ether oxygens (including phenoxy) is 2. The predicted molar refractivity (Wildman–Crippen MR) is 93.6 cm³/mol. The van der Waals surface area contributed by atoms with E-state index in [1.54, 1.807) is 42.5 Å². The maximum atomic E-state index is 13.2. The first-order valence-electron chi connectivity index (χ1n) is 8.10. The fourth-order valence-corrected chi connectivity index (χ4v) is 2.71. The van der Waals surface area contributed by atoms with Crippen LogP contribution in [0.1, 0.15) is 27.4 Å². The zero-order valence-electron chi connectivity index (χ0n) is 14.0. The molecule has 0 bridgehead atoms. The zero-order valence-corrected chi connectivity index (χ0v) is 14.0. The number of Topliss-reactive ketones (excluding diaryl/α,β-unsaturated/α-hetero) is 1. The molecule has 0 unspecified atom stereocenters. The second-order valence-corrected chi connectivity index (χ2v) is 5.96. The van der Waals surface area contributed by atoms with E-state index < -0.39 is 0 Å². The quantitative estimate of drug-likeness (QED) is 0.627. The molecular formula is C21H15FO4. The van der Waals surface area contributed by atoms with Crippen LogP contribution < -0.4 is 9.47 Å². The Balaban J connectivity index is 1.51. The molecule has 26 heavy (non-hydrogen) atoms. The third kappa shape index (κ3) is 3.24. The van der Waals surface area contributed by atoms with E-state index in [1.165, 1.54) is 12.1 Å². The summed E-state index contributed by atoms with van der Waals surface area (Å²) in [6.07, 6.45) is 1.57. The van der Waals surface area contributed by atoms with Crippen LogP contribution in [-0.4, -0.2) is 5.78 Å². The maximum Gasteiger partial charge on any atom is 0.232 e. The number of carbonyl (C=O) groups excluding carboxylic acids is 1. The first-order chi connectivity index (χ1) is 12.6. The molecule has 1 aliphatic heterocycles. The Hall–Kier alpha value is -3.34. The van der Waals surface area contributed by atoms with Crippen molar-refractivity contribution in [2.24, 2.45) is 0 Å². The Morgan fingerprint density at radius 3 is 2.77 bits per heavy atom. The van der Waals surface area contributed by atoms with Crippen LogP contribution in [0.4, 0.5) is 4.39 Å². The van der Waals surface area contributed by atoms with Gasteiger partial charge in [0.1, 0.15) is 35.4 Å². The molecule has 0 spiro atoms. The topological polar surface area (TPSA) is 48.7 Å². The van der Waals surface area contributed by atoms with E-state index >= 15 is 0 Å². The minimum Gasteiger partial charge on any atom is -0.489 e. The largest absolute Gasteiger partial charge is 0.489 e. The Labute approximate surface area is 149 Å². The van der Waals surface area contributed by atoms with Gasteiger partial charge in [-0.05, 0) is 48.9 Å². The van der Waals surface area contributed by atoms with Crippen molar-refractivity contribution >= 4 is 11.9 Å². The normalized spacial score (nSPS) is 14.4. The Morgan fingerprint density at radius 2 is 2.00 bits per heavy atom. The summed E-state index contributed by atoms with van der Waals surface area (Å²) in [6.45, 7) is 2.05. The highest BCUT2D eigenvalue weighted by atomic mass is 19.1. The number of halogens is 1. The third-order valence-corrected chi connectivity index (χ3v) is 3.97. The monoisotopic (exact) mass is 350 g/mol. The summed E-state index contributed by atoms with van der Waals surface area (Å²) >= 11 is 0. The third-order valence-electron chi connectivity index (χ3n) is 3.97. The number of benzene rings is 2. The van der Waals surface area contributed by atoms with Gasteiger partial charge in [-0.25, -0.2) is 4.39 Å². The first kappa shape index (κ1) is 16.1. The molecule has 1 aromatic heterocycles. The smallest absolute Gasteiger partial charge is 0.232 e. The molecular weight excluding hydrogens is 335 g/mol. The molecule has 0 fully saturated rings. The molecule has 0 saturated carbocycles. The average molecular weight is 350 g/mol. The number of hydrogen-bond donors (Lipinski definition) is 0. The summed E-state index contributed by atoms with van der Waals surface area (Å²) in [7, 11) is 0. The fourth-order valence-electron chi connectivity index (χ4n) is 2.71. The predicted octanol–water partition coefficient (Wildman–Crippen LogP) is 4.92. The number of aryl methyl sites for hydroxylation is 1. The SMILES string of the molecule is Cc1ccc(/C=C2\Oc3cc(OCc4cccc(F)c4)ccc3C2=O)o1. The molecule has 0 saturated heterocycles. The van der Waals surface area contributed by atoms with Gasteiger partial charge in [0.15, 0.2) is 5.76 Å². The second-order valence-electron chi connectivity index (χ2n) is 5.96. The van der Waals surface area contributed by atoms with E-state index in [0.29, 0.717) is 22.8 Å². The molecule has 4 nitrogen and oxygen atoms in total. The van der Waals surface area contributed by atoms with Crippen molar-refractivity contribution < 1.29 is 23.1 Å². The zero-order chi connectivity index (χ0) is 18.1. The van der Waals surface area contributed by atoms with Crippen molar-refractivity contribution in [2.45, 2.75) is 13.5 Å². The molecule has 2 heterocycles. The van der Waals surface area contributed by atoms with E-state index in [4.69, 9.17) is 13.9 Å². The lowest BCUT2D eigenvalue weighted by molar-refractivity contribution is 0.101. The van der Waals surface area contributed by atoms with Crippen LogP contribution in [-0.2, 0) is 6.61 Å². The lowest BCUT2D eigenvalue weighted by Crippen LogP contribution is -1.97. The van der Waals surface area contributed by atoms with Crippen molar-refractivity contribution in [2.75, 3.05) is 0 Å². The van der Waals surface area contributed by atoms with Gasteiger partial charge in [0.2, 0.25) is 5.78 Å². The van der Waals surface area contributed by atoms with Gasteiger partial charge < -0.3 is 13.9 Å². The van der Waals surface area contributed by atoms with Crippen LogP contribution in [0.5, 0.6) is 11.5 Å². The summed E-state index contributed by atoms with van der Waals surface area (Å²) in [4.78, 5) is 12.4. The number of allylic oxidation sites excluding steroid dienone is 1. The van der Waals surface area contributed by atoms with Crippen molar-refractivity contribution in [1.82, 2.24) is 0 Å². The van der Waals surface area contributed by atoms with Gasteiger partial charge >= 0.3 is 0 Å². The molecule has 3 aromatic rings. The summed E-state index contributed by atoms with van der Waals surface area (Å²) < 4.78 is 30.0. The number of hydrogen-bond acceptors (Lipinski definition) is 4. The van der Waals surface area contributed by atoms with Crippen molar-refractivity contribution in [3.05, 3.63) is 88.8 Å². The standard InChI is InChI=1S/C21H15FO4/c1-13-5-6-17(25-13)11-20-21(23)18-8-7-16(10-19(18)26-20)24-12-14-3-2-4-15(22)9-14/h2-11H,12H2,1H3/b20-11-. The minimum atomic E-state index is -0.308. The number of fused-ring (bicyclic) bond motifs is 1. The summed E-state index contributed by atoms with van der Waals surface area (Å²) in [6, 6.07) is 14.8. The van der Waals surface area contributed by atoms with Crippen LogP contribution >= 0.6 is 0 Å². The number of furan rings is 1. The highest BCUT2D eigenvalue weighted by Crippen LogP contribution is 2.35. The van der Waals surface area contributed by atoms with E-state index in [2.05, 4.69) is 0 Å². The number of carbonyl (C=O) groups is 1. The van der Waals surface area contributed by atoms with E-state index in [0.717, 1.165) is 11.3 Å². The van der Waals surface area contributed by atoms with Gasteiger partial charge in [-0.15, -0.1) is 0 Å². The molecule has 0 aliphatic carbocycles. The highest BCUT2D eigenvalue weighted by Gasteiger charge is 2.28. The number of rotatable bonds is 4. The number of ketones is 1. The molecule has 130 valence electrons. The van der Waals surface area contributed by atoms with Crippen LogP contribution in [0, 0.1) is 12.7 Å². The molecule has 4 rings (SSSR count). The highest BCUT2D eigenvalue weighted by molar-refractivity contribution is 6.14. The van der Waals surface area contributed by atoms with E-state index in [1.807, 2.05) is 13.0 Å². The van der Waals surface area contributed by atoms with E-state index in [9.17, 15) is 9.18 Å². The van der Waals surface area contributed by atoms with Gasteiger partial charge in [-0.1, -0.05) is 12.1 Å². The molecule has 0 radical (unpaired) electrons. The lowest BCUT2D eigenvalue weighted by atomic mass is 10.1. The van der Waals surface area contributed by atoms with Gasteiger partial charge in [-0.3, -0.25) is 4.79 Å². The van der Waals surface area contributed by atoms with Crippen LogP contribution in [0.25, 0.3) is 6.08 Å². The minimum absolute atomic E-state index is 0.203. The Kier molecular flexibility index (Phi) is 4.05. The van der Waals surface area contributed by atoms with Crippen molar-refractivity contribution in [1.29, 1.82) is 0 Å². The van der Waals surface area contributed by atoms with Gasteiger partial charge in [0.05, 0.1) is 5.56 Å².